The van der Waals surface area contributed by atoms with Crippen LogP contribution in [0.5, 0.6) is 0 Å². The number of halogens is 3. The van der Waals surface area contributed by atoms with Crippen LogP contribution in [0.25, 0.3) is 4.24 Å². The van der Waals surface area contributed by atoms with Gasteiger partial charge in [0.25, 0.3) is 0 Å². The first-order valence-corrected chi connectivity index (χ1v) is 5.54. The molecule has 0 amide bonds. The maximum absolute atomic E-state index is 11.1. The van der Waals surface area contributed by atoms with Crippen LogP contribution < -0.4 is 51.4 Å². The Bertz CT molecular complexity index is 423. The van der Waals surface area contributed by atoms with Crippen molar-refractivity contribution in [2.24, 2.45) is 0 Å². The van der Waals surface area contributed by atoms with E-state index in [0.29, 0.717) is 5.02 Å². The third-order valence-corrected chi connectivity index (χ3v) is 3.56. The maximum Gasteiger partial charge on any atom is 1.00 e. The van der Waals surface area contributed by atoms with Gasteiger partial charge in [0.15, 0.2) is 0 Å². The van der Waals surface area contributed by atoms with Crippen LogP contribution in [0.15, 0.2) is 23.1 Å². The number of sulfonamides is 1. The van der Waals surface area contributed by atoms with Crippen molar-refractivity contribution in [2.45, 2.75) is 4.90 Å². The summed E-state index contributed by atoms with van der Waals surface area (Å²) < 4.78 is 24.9. The molecule has 0 heterocycles. The van der Waals surface area contributed by atoms with Crippen LogP contribution in [-0.4, -0.2) is 8.42 Å². The number of benzene rings is 1. The molecule has 0 fully saturated rings. The summed E-state index contributed by atoms with van der Waals surface area (Å²) in [5, 5.41) is 0.343. The fourth-order valence-corrected chi connectivity index (χ4v) is 2.27. The molecule has 8 heteroatoms. The summed E-state index contributed by atoms with van der Waals surface area (Å²) in [6.07, 6.45) is 0. The molecule has 0 saturated heterocycles. The molecule has 3 nitrogen and oxygen atoms in total. The molecule has 0 atom stereocenters. The van der Waals surface area contributed by atoms with Crippen molar-refractivity contribution in [1.29, 1.82) is 0 Å². The Labute approximate surface area is 140 Å². The average molecular weight is 299 g/mol. The third-order valence-electron chi connectivity index (χ3n) is 1.26. The summed E-state index contributed by atoms with van der Waals surface area (Å²) in [5.41, 5.74) is 0. The summed E-state index contributed by atoms with van der Waals surface area (Å²) in [7, 11) is -3.85. The molecule has 0 aliphatic rings. The minimum absolute atomic E-state index is 0. The molecule has 0 saturated carbocycles. The number of rotatable bonds is 2. The molecule has 0 unspecified atom stereocenters. The number of nitrogens with zero attached hydrogens (tertiary/aromatic N) is 1. The summed E-state index contributed by atoms with van der Waals surface area (Å²) in [6.45, 7) is 0. The van der Waals surface area contributed by atoms with Crippen LogP contribution in [0.1, 0.15) is 0 Å². The van der Waals surface area contributed by atoms with Gasteiger partial charge in [0.2, 0.25) is 0 Å². The Morgan fingerprint density at radius 1 is 1.21 bits per heavy atom. The van der Waals surface area contributed by atoms with E-state index in [2.05, 4.69) is 4.24 Å². The van der Waals surface area contributed by atoms with Gasteiger partial charge in [-0.2, -0.15) is 0 Å². The maximum atomic E-state index is 11.1. The molecule has 72 valence electrons. The van der Waals surface area contributed by atoms with Crippen molar-refractivity contribution >= 4 is 45.0 Å². The molecular weight excluding hydrogens is 296 g/mol. The Kier molecular flexibility index (Phi) is 7.14. The smallest absolute Gasteiger partial charge is 0.458 e. The van der Waals surface area contributed by atoms with Gasteiger partial charge >= 0.3 is 51.4 Å². The third kappa shape index (κ3) is 3.90. The fourth-order valence-electron chi connectivity index (χ4n) is 0.722. The van der Waals surface area contributed by atoms with E-state index in [1.54, 1.807) is 0 Å². The van der Waals surface area contributed by atoms with E-state index in [9.17, 15) is 8.42 Å². The molecule has 0 aromatic heterocycles. The van der Waals surface area contributed by atoms with Crippen molar-refractivity contribution < 1.29 is 59.8 Å². The van der Waals surface area contributed by atoms with E-state index in [1.165, 1.54) is 18.2 Å². The minimum atomic E-state index is -3.85. The summed E-state index contributed by atoms with van der Waals surface area (Å²) in [6, 6.07) is 3.94. The van der Waals surface area contributed by atoms with Crippen LogP contribution in [0, 0.1) is 0 Å². The zero-order valence-electron chi connectivity index (χ0n) is 7.04. The van der Waals surface area contributed by atoms with Gasteiger partial charge in [-0.1, -0.05) is 23.2 Å². The second-order valence-electron chi connectivity index (χ2n) is 2.12. The van der Waals surface area contributed by atoms with Crippen molar-refractivity contribution in [3.05, 3.63) is 32.5 Å². The Morgan fingerprint density at radius 3 is 2.21 bits per heavy atom. The number of hydrogen-bond donors (Lipinski definition) is 0. The van der Waals surface area contributed by atoms with Gasteiger partial charge < -0.3 is 4.24 Å². The first kappa shape index (κ1) is 15.6. The Hall–Kier alpha value is 1.64. The molecule has 14 heavy (non-hydrogen) atoms. The molecule has 0 aliphatic heterocycles. The van der Waals surface area contributed by atoms with Gasteiger partial charge in [0.1, 0.15) is 10.0 Å². The van der Waals surface area contributed by atoms with Gasteiger partial charge in [0, 0.05) is 5.02 Å². The molecule has 1 aromatic carbocycles. The molecule has 1 aromatic rings. The monoisotopic (exact) mass is 297 g/mol. The van der Waals surface area contributed by atoms with Crippen molar-refractivity contribution in [3.63, 3.8) is 0 Å². The van der Waals surface area contributed by atoms with Crippen LogP contribution in [0.3, 0.4) is 0 Å². The molecule has 0 spiro atoms. The minimum Gasteiger partial charge on any atom is -0.458 e. The summed E-state index contributed by atoms with van der Waals surface area (Å²) in [5.74, 6) is 0. The second-order valence-corrected chi connectivity index (χ2v) is 4.90. The summed E-state index contributed by atoms with van der Waals surface area (Å²) in [4.78, 5) is -0.159. The van der Waals surface area contributed by atoms with Crippen molar-refractivity contribution in [1.82, 2.24) is 0 Å². The zero-order chi connectivity index (χ0) is 10.1. The Morgan fingerprint density at radius 2 is 1.79 bits per heavy atom. The van der Waals surface area contributed by atoms with E-state index in [0.717, 1.165) is 0 Å². The van der Waals surface area contributed by atoms with Gasteiger partial charge in [-0.05, 0) is 18.2 Å². The normalized spacial score (nSPS) is 10.8. The SMILES string of the molecule is O=S(=O)([N-]Cl)c1ccc(Cl)cc1Cl.[K+]. The van der Waals surface area contributed by atoms with Crippen LogP contribution in [0.4, 0.5) is 0 Å². The van der Waals surface area contributed by atoms with Gasteiger partial charge in [0.05, 0.1) is 9.92 Å². The summed E-state index contributed by atoms with van der Waals surface area (Å²) >= 11 is 16.1. The van der Waals surface area contributed by atoms with Crippen LogP contribution in [-0.2, 0) is 10.0 Å². The molecular formula is C6H3Cl3KNO2S. The first-order valence-electron chi connectivity index (χ1n) is 3.01. The second kappa shape index (κ2) is 6.39. The predicted octanol–water partition coefficient (Wildman–Crippen LogP) is 0.214. The topological polar surface area (TPSA) is 48.2 Å². The van der Waals surface area contributed by atoms with E-state index in [-0.39, 0.29) is 61.3 Å². The largest absolute Gasteiger partial charge is 1.00 e. The molecule has 0 radical (unpaired) electrons. The van der Waals surface area contributed by atoms with Crippen LogP contribution in [0.2, 0.25) is 10.0 Å². The standard InChI is InChI=1S/C6H3Cl3NO2S.K/c7-4-1-2-6(5(8)3-4)13(11,12)10-9;/h1-3H;/q-1;+1. The van der Waals surface area contributed by atoms with E-state index in [4.69, 9.17) is 35.0 Å². The molecule has 1 rings (SSSR count). The van der Waals surface area contributed by atoms with Gasteiger partial charge in [-0.15, -0.1) is 0 Å². The molecule has 0 aliphatic carbocycles. The quantitative estimate of drug-likeness (QED) is 0.733. The van der Waals surface area contributed by atoms with E-state index in [1.807, 2.05) is 0 Å². The van der Waals surface area contributed by atoms with E-state index < -0.39 is 10.0 Å². The predicted molar refractivity (Wildman–Crippen MR) is 52.9 cm³/mol. The van der Waals surface area contributed by atoms with Crippen molar-refractivity contribution in [2.75, 3.05) is 0 Å². The number of hydrogen-bond acceptors (Lipinski definition) is 2. The zero-order valence-corrected chi connectivity index (χ0v) is 13.2. The molecule has 0 N–H and O–H groups in total. The Balaban J connectivity index is 0.00000169. The van der Waals surface area contributed by atoms with Gasteiger partial charge in [-0.3, -0.25) is 11.8 Å². The average Bonchev–Trinajstić information content (AvgIpc) is 2.03. The van der Waals surface area contributed by atoms with Crippen molar-refractivity contribution in [3.8, 4) is 0 Å². The molecule has 0 bridgehead atoms. The van der Waals surface area contributed by atoms with Gasteiger partial charge in [-0.25, -0.2) is 8.42 Å². The first-order chi connectivity index (χ1) is 5.97. The van der Waals surface area contributed by atoms with E-state index >= 15 is 0 Å². The van der Waals surface area contributed by atoms with Crippen LogP contribution >= 0.6 is 35.0 Å². The fraction of sp³-hybridized carbons (Fsp3) is 0.